The van der Waals surface area contributed by atoms with E-state index in [1.807, 2.05) is 22.8 Å². The van der Waals surface area contributed by atoms with Crippen molar-refractivity contribution in [2.45, 2.75) is 72.5 Å². The largest absolute Gasteiger partial charge is 0.573 e. The van der Waals surface area contributed by atoms with Gasteiger partial charge in [0.2, 0.25) is 5.95 Å². The molecule has 1 fully saturated rings. The van der Waals surface area contributed by atoms with E-state index in [0.717, 1.165) is 35.3 Å². The summed E-state index contributed by atoms with van der Waals surface area (Å²) in [7, 11) is 0. The average molecular weight is 945 g/mol. The van der Waals surface area contributed by atoms with Gasteiger partial charge in [-0.05, 0) is 110 Å². The van der Waals surface area contributed by atoms with Gasteiger partial charge in [-0.25, -0.2) is 23.9 Å². The fourth-order valence-corrected chi connectivity index (χ4v) is 9.41. The van der Waals surface area contributed by atoms with Gasteiger partial charge in [0.1, 0.15) is 22.7 Å². The van der Waals surface area contributed by atoms with Gasteiger partial charge in [0.25, 0.3) is 5.91 Å². The second-order valence-electron chi connectivity index (χ2n) is 18.4. The smallest absolute Gasteiger partial charge is 0.461 e. The van der Waals surface area contributed by atoms with Gasteiger partial charge in [0.05, 0.1) is 37.0 Å². The maximum atomic E-state index is 15.2. The monoisotopic (exact) mass is 944 g/mol. The summed E-state index contributed by atoms with van der Waals surface area (Å²) >= 11 is 0. The number of likely N-dealkylation sites (tertiary alicyclic amines) is 1. The molecule has 2 aliphatic heterocycles. The number of pyridine rings is 1. The van der Waals surface area contributed by atoms with E-state index in [0.29, 0.717) is 61.4 Å². The summed E-state index contributed by atoms with van der Waals surface area (Å²) in [4.78, 5) is 61.2. The minimum Gasteiger partial charge on any atom is -0.461 e. The number of anilines is 2. The molecule has 1 saturated heterocycles. The van der Waals surface area contributed by atoms with E-state index in [9.17, 15) is 32.8 Å². The Kier molecular flexibility index (Phi) is 12.5. The normalized spacial score (nSPS) is 14.7. The van der Waals surface area contributed by atoms with Crippen LogP contribution >= 0.6 is 0 Å². The van der Waals surface area contributed by atoms with Crippen LogP contribution in [-0.4, -0.2) is 89.5 Å². The Bertz CT molecular complexity index is 3200. The van der Waals surface area contributed by atoms with Gasteiger partial charge >= 0.3 is 18.0 Å². The topological polar surface area (TPSA) is 165 Å². The number of hydrogen-bond acceptors (Lipinski definition) is 11. The number of esters is 1. The van der Waals surface area contributed by atoms with Crippen molar-refractivity contribution in [2.24, 2.45) is 5.41 Å². The number of nitrogens with one attached hydrogen (secondary N) is 1. The molecule has 19 heteroatoms. The van der Waals surface area contributed by atoms with Crippen LogP contribution in [0.3, 0.4) is 0 Å². The number of alkyl halides is 3. The van der Waals surface area contributed by atoms with Crippen LogP contribution in [0.4, 0.5) is 29.2 Å². The van der Waals surface area contributed by atoms with Gasteiger partial charge in [0, 0.05) is 66.3 Å². The molecule has 0 unspecified atom stereocenters. The van der Waals surface area contributed by atoms with E-state index in [2.05, 4.69) is 45.7 Å². The lowest BCUT2D eigenvalue weighted by atomic mass is 9.94. The number of nitriles is 1. The lowest BCUT2D eigenvalue weighted by molar-refractivity contribution is -0.274. The first-order chi connectivity index (χ1) is 33.0. The summed E-state index contributed by atoms with van der Waals surface area (Å²) in [6, 6.07) is 21.2. The van der Waals surface area contributed by atoms with Crippen LogP contribution in [0.25, 0.3) is 27.9 Å². The molecule has 0 radical (unpaired) electrons. The number of amides is 1. The number of aromatic nitrogens is 6. The van der Waals surface area contributed by atoms with E-state index in [1.165, 1.54) is 22.8 Å². The van der Waals surface area contributed by atoms with Crippen molar-refractivity contribution in [1.82, 2.24) is 38.5 Å². The van der Waals surface area contributed by atoms with Gasteiger partial charge in [-0.3, -0.25) is 13.9 Å². The average Bonchev–Trinajstić information content (AvgIpc) is 3.79. The van der Waals surface area contributed by atoms with Crippen molar-refractivity contribution in [3.8, 4) is 17.5 Å². The molecule has 0 saturated carbocycles. The Hall–Kier alpha value is -7.59. The lowest BCUT2D eigenvalue weighted by Crippen LogP contribution is -2.41. The van der Waals surface area contributed by atoms with Crippen molar-refractivity contribution >= 4 is 45.7 Å². The van der Waals surface area contributed by atoms with Gasteiger partial charge in [-0.15, -0.1) is 13.2 Å². The van der Waals surface area contributed by atoms with Crippen LogP contribution in [0.1, 0.15) is 89.8 Å². The molecule has 0 spiro atoms. The summed E-state index contributed by atoms with van der Waals surface area (Å²) in [6.45, 7) is 11.1. The number of halogens is 4. The lowest BCUT2D eigenvalue weighted by Gasteiger charge is -2.36. The number of fused-ring (bicyclic) bond motifs is 4. The SMILES string of the molecule is CCOC(=O)c1nc(Nc2ccc(OC(F)(F)F)cc2)nc2c1n(-c1ccc(C(=O)N3CCc4c(n(Cc5ccc(C#N)cc5F)c5ncccc45)C3)cc1)c(=O)n2C1CCN(CC(C)(C)C)CC1. The standard InChI is InChI=1S/C50H48F4N10O5/c1-5-68-46(66)41-42-44(59-47(58-41)57-33-12-16-36(17-13-33)69-50(52,53)54)64(35-18-22-60(23-19-35)29-49(2,3)4)48(67)63(42)34-14-10-31(11-15-34)45(65)61-24-20-37-38-7-6-21-56-43(38)62(40(37)28-61)27-32-9-8-30(26-55)25-39(32)51/h6-17,21,25,35H,5,18-20,22-24,27-29H2,1-4H3,(H,57,58,59). The first-order valence-electron chi connectivity index (χ1n) is 22.6. The quantitative estimate of drug-likeness (QED) is 0.0974. The zero-order valence-electron chi connectivity index (χ0n) is 38.3. The van der Waals surface area contributed by atoms with E-state index < -0.39 is 29.6 Å². The third-order valence-corrected chi connectivity index (χ3v) is 12.3. The zero-order chi connectivity index (χ0) is 48.8. The summed E-state index contributed by atoms with van der Waals surface area (Å²) in [5.74, 6) is -2.17. The number of imidazole rings is 1. The summed E-state index contributed by atoms with van der Waals surface area (Å²) in [5, 5.41) is 13.2. The minimum absolute atomic E-state index is 0.0106. The summed E-state index contributed by atoms with van der Waals surface area (Å²) < 4.78 is 68.2. The number of carbonyl (C=O) groups excluding carboxylic acids is 2. The molecule has 1 N–H and O–H groups in total. The van der Waals surface area contributed by atoms with Crippen LogP contribution in [0.5, 0.6) is 5.75 Å². The number of ether oxygens (including phenoxy) is 2. The molecule has 2 aliphatic rings. The minimum atomic E-state index is -4.88. The van der Waals surface area contributed by atoms with Crippen LogP contribution in [-0.2, 0) is 24.2 Å². The maximum Gasteiger partial charge on any atom is 0.573 e. The van der Waals surface area contributed by atoms with Gasteiger partial charge in [-0.1, -0.05) is 26.8 Å². The van der Waals surface area contributed by atoms with Gasteiger partial charge in [0.15, 0.2) is 11.3 Å². The third-order valence-electron chi connectivity index (χ3n) is 12.3. The fourth-order valence-electron chi connectivity index (χ4n) is 9.41. The highest BCUT2D eigenvalue weighted by Crippen LogP contribution is 2.34. The fraction of sp³-hybridized carbons (Fsp3) is 0.340. The third kappa shape index (κ3) is 9.61. The highest BCUT2D eigenvalue weighted by molar-refractivity contribution is 6.01. The number of piperidine rings is 1. The number of benzene rings is 3. The second-order valence-corrected chi connectivity index (χ2v) is 18.4. The molecule has 0 atom stereocenters. The molecule has 4 aromatic heterocycles. The molecule has 9 rings (SSSR count). The second kappa shape index (κ2) is 18.5. The Morgan fingerprint density at radius 2 is 1.68 bits per heavy atom. The highest BCUT2D eigenvalue weighted by atomic mass is 19.4. The van der Waals surface area contributed by atoms with Crippen molar-refractivity contribution < 1.29 is 36.6 Å². The number of nitrogens with zero attached hydrogens (tertiary/aromatic N) is 9. The van der Waals surface area contributed by atoms with Crippen LogP contribution in [0.15, 0.2) is 89.9 Å². The maximum absolute atomic E-state index is 15.2. The predicted octanol–water partition coefficient (Wildman–Crippen LogP) is 8.69. The number of hydrogen-bond donors (Lipinski definition) is 1. The molecule has 69 heavy (non-hydrogen) atoms. The van der Waals surface area contributed by atoms with Crippen molar-refractivity contribution in [3.05, 3.63) is 135 Å². The Morgan fingerprint density at radius 1 is 0.942 bits per heavy atom. The van der Waals surface area contributed by atoms with Crippen LogP contribution < -0.4 is 15.7 Å². The molecule has 1 amide bonds. The van der Waals surface area contributed by atoms with Crippen LogP contribution in [0, 0.1) is 22.6 Å². The molecule has 0 bridgehead atoms. The van der Waals surface area contributed by atoms with Crippen molar-refractivity contribution in [2.75, 3.05) is 38.1 Å². The number of carbonyl (C=O) groups is 2. The van der Waals surface area contributed by atoms with Gasteiger partial charge in [-0.2, -0.15) is 10.2 Å². The predicted molar refractivity (Wildman–Crippen MR) is 248 cm³/mol. The molecule has 0 aliphatic carbocycles. The molecule has 15 nitrogen and oxygen atoms in total. The van der Waals surface area contributed by atoms with E-state index in [1.54, 1.807) is 59.0 Å². The molecule has 356 valence electrons. The van der Waals surface area contributed by atoms with Crippen molar-refractivity contribution in [3.63, 3.8) is 0 Å². The molecular weight excluding hydrogens is 897 g/mol. The van der Waals surface area contributed by atoms with Crippen molar-refractivity contribution in [1.29, 1.82) is 5.26 Å². The molecule has 7 aromatic rings. The first-order valence-corrected chi connectivity index (χ1v) is 22.6. The summed E-state index contributed by atoms with van der Waals surface area (Å²) in [5.41, 5.74) is 3.59. The molecule has 3 aromatic carbocycles. The molecular formula is C50H48F4N10O5. The van der Waals surface area contributed by atoms with Crippen LogP contribution in [0.2, 0.25) is 0 Å². The highest BCUT2D eigenvalue weighted by Gasteiger charge is 2.34. The first kappa shape index (κ1) is 46.5. The van der Waals surface area contributed by atoms with Gasteiger partial charge < -0.3 is 29.2 Å². The van der Waals surface area contributed by atoms with E-state index in [4.69, 9.17) is 9.72 Å². The van der Waals surface area contributed by atoms with E-state index >= 15 is 4.39 Å². The number of rotatable bonds is 11. The van der Waals surface area contributed by atoms with E-state index in [-0.39, 0.29) is 71.1 Å². The Labute approximate surface area is 393 Å². The zero-order valence-corrected chi connectivity index (χ0v) is 38.3. The Balaban J connectivity index is 1.07. The Morgan fingerprint density at radius 3 is 2.35 bits per heavy atom. The molecule has 6 heterocycles. The summed E-state index contributed by atoms with van der Waals surface area (Å²) in [6.07, 6.45) is -1.49.